The van der Waals surface area contributed by atoms with E-state index in [2.05, 4.69) is 9.88 Å². The fraction of sp³-hybridized carbons (Fsp3) is 0.375. The Labute approximate surface area is 191 Å². The smallest absolute Gasteiger partial charge is 0.295 e. The topological polar surface area (TPSA) is 101 Å². The first-order valence-electron chi connectivity index (χ1n) is 11.0. The van der Waals surface area contributed by atoms with Crippen molar-refractivity contribution >= 4 is 17.4 Å². The summed E-state index contributed by atoms with van der Waals surface area (Å²) in [4.78, 5) is 34.1. The van der Waals surface area contributed by atoms with Crippen LogP contribution in [0, 0.1) is 0 Å². The van der Waals surface area contributed by atoms with Crippen LogP contribution >= 0.6 is 0 Å². The Morgan fingerprint density at radius 2 is 1.82 bits per heavy atom. The van der Waals surface area contributed by atoms with E-state index in [-0.39, 0.29) is 11.3 Å². The molecule has 1 amide bonds. The maximum atomic E-state index is 13.1. The Balaban J connectivity index is 1.52. The number of hydrogen-bond acceptors (Lipinski definition) is 8. The molecule has 1 aromatic carbocycles. The Bertz CT molecular complexity index is 1080. The molecule has 9 heteroatoms. The Morgan fingerprint density at radius 3 is 2.58 bits per heavy atom. The second kappa shape index (κ2) is 9.21. The van der Waals surface area contributed by atoms with Crippen LogP contribution in [0.5, 0.6) is 11.5 Å². The first-order valence-corrected chi connectivity index (χ1v) is 11.0. The summed E-state index contributed by atoms with van der Waals surface area (Å²) in [6, 6.07) is 7.81. The number of amides is 1. The number of carbonyl (C=O) groups excluding carboxylic acids is 2. The zero-order chi connectivity index (χ0) is 22.8. The van der Waals surface area contributed by atoms with Gasteiger partial charge in [-0.3, -0.25) is 19.5 Å². The van der Waals surface area contributed by atoms with E-state index in [1.165, 1.54) is 4.90 Å². The molecule has 1 unspecified atom stereocenters. The van der Waals surface area contributed by atoms with Gasteiger partial charge in [0.1, 0.15) is 19.0 Å². The van der Waals surface area contributed by atoms with Crippen LogP contribution < -0.4 is 9.47 Å². The minimum Gasteiger partial charge on any atom is -0.507 e. The molecule has 3 aliphatic rings. The lowest BCUT2D eigenvalue weighted by atomic mass is 9.96. The van der Waals surface area contributed by atoms with Crippen molar-refractivity contribution in [1.82, 2.24) is 14.8 Å². The molecule has 2 aromatic rings. The lowest BCUT2D eigenvalue weighted by Crippen LogP contribution is -2.42. The van der Waals surface area contributed by atoms with Crippen LogP contribution in [-0.4, -0.2) is 84.2 Å². The number of aromatic nitrogens is 1. The second-order valence-electron chi connectivity index (χ2n) is 8.09. The fourth-order valence-electron chi connectivity index (χ4n) is 4.41. The van der Waals surface area contributed by atoms with Crippen LogP contribution in [0.2, 0.25) is 0 Å². The molecular weight excluding hydrogens is 426 g/mol. The van der Waals surface area contributed by atoms with Crippen molar-refractivity contribution in [3.05, 3.63) is 59.4 Å². The van der Waals surface area contributed by atoms with Crippen LogP contribution in [0.25, 0.3) is 5.76 Å². The summed E-state index contributed by atoms with van der Waals surface area (Å²) in [6.45, 7) is 4.66. The fourth-order valence-corrected chi connectivity index (χ4v) is 4.41. The molecule has 5 rings (SSSR count). The Morgan fingerprint density at radius 1 is 1.03 bits per heavy atom. The van der Waals surface area contributed by atoms with Gasteiger partial charge in [0, 0.05) is 44.1 Å². The number of fused-ring (bicyclic) bond motifs is 1. The zero-order valence-corrected chi connectivity index (χ0v) is 18.1. The molecule has 0 bridgehead atoms. The molecule has 2 saturated heterocycles. The van der Waals surface area contributed by atoms with Crippen LogP contribution in [0.3, 0.4) is 0 Å². The summed E-state index contributed by atoms with van der Waals surface area (Å²) < 4.78 is 16.6. The van der Waals surface area contributed by atoms with E-state index in [0.717, 1.165) is 13.1 Å². The van der Waals surface area contributed by atoms with E-state index in [4.69, 9.17) is 14.2 Å². The largest absolute Gasteiger partial charge is 0.507 e. The number of pyridine rings is 1. The van der Waals surface area contributed by atoms with Crippen LogP contribution in [0.4, 0.5) is 0 Å². The van der Waals surface area contributed by atoms with Gasteiger partial charge in [-0.1, -0.05) is 6.07 Å². The zero-order valence-electron chi connectivity index (χ0n) is 18.1. The summed E-state index contributed by atoms with van der Waals surface area (Å²) >= 11 is 0. The Hall–Kier alpha value is -3.43. The maximum Gasteiger partial charge on any atom is 0.295 e. The highest BCUT2D eigenvalue weighted by molar-refractivity contribution is 6.46. The van der Waals surface area contributed by atoms with Gasteiger partial charge in [-0.15, -0.1) is 0 Å². The van der Waals surface area contributed by atoms with Gasteiger partial charge >= 0.3 is 0 Å². The van der Waals surface area contributed by atoms with Crippen molar-refractivity contribution in [1.29, 1.82) is 0 Å². The van der Waals surface area contributed by atoms with Crippen molar-refractivity contribution in [2.24, 2.45) is 0 Å². The molecule has 3 aliphatic heterocycles. The SMILES string of the molecule is O=C1C(=O)N(CCN2CCOCC2)C(c2cccnc2)/C1=C(\O)c1ccc2c(c1)OCCO2. The number of benzene rings is 1. The van der Waals surface area contributed by atoms with Crippen molar-refractivity contribution in [2.45, 2.75) is 6.04 Å². The van der Waals surface area contributed by atoms with Gasteiger partial charge in [0.2, 0.25) is 0 Å². The summed E-state index contributed by atoms with van der Waals surface area (Å²) in [6.07, 6.45) is 3.25. The van der Waals surface area contributed by atoms with Crippen molar-refractivity contribution in [3.8, 4) is 11.5 Å². The summed E-state index contributed by atoms with van der Waals surface area (Å²) in [7, 11) is 0. The molecule has 1 atom stereocenters. The normalized spacial score (nSPS) is 22.5. The highest BCUT2D eigenvalue weighted by Gasteiger charge is 2.46. The minimum atomic E-state index is -0.729. The first-order chi connectivity index (χ1) is 16.1. The quantitative estimate of drug-likeness (QED) is 0.416. The molecule has 9 nitrogen and oxygen atoms in total. The van der Waals surface area contributed by atoms with Crippen LogP contribution in [-0.2, 0) is 14.3 Å². The van der Waals surface area contributed by atoms with E-state index >= 15 is 0 Å². The first kappa shape index (κ1) is 21.4. The maximum absolute atomic E-state index is 13.1. The van der Waals surface area contributed by atoms with E-state index < -0.39 is 17.7 Å². The third-order valence-corrected chi connectivity index (χ3v) is 6.12. The van der Waals surface area contributed by atoms with E-state index in [0.29, 0.717) is 62.1 Å². The number of likely N-dealkylation sites (tertiary alicyclic amines) is 1. The Kier molecular flexibility index (Phi) is 5.97. The third kappa shape index (κ3) is 4.17. The number of aliphatic hydroxyl groups is 1. The van der Waals surface area contributed by atoms with Crippen LogP contribution in [0.15, 0.2) is 48.3 Å². The van der Waals surface area contributed by atoms with Crippen molar-refractivity contribution in [3.63, 3.8) is 0 Å². The number of morpholine rings is 1. The molecule has 1 N–H and O–H groups in total. The highest BCUT2D eigenvalue weighted by Crippen LogP contribution is 2.40. The van der Waals surface area contributed by atoms with Gasteiger partial charge in [-0.05, 0) is 29.8 Å². The van der Waals surface area contributed by atoms with Gasteiger partial charge in [0.05, 0.1) is 24.8 Å². The summed E-state index contributed by atoms with van der Waals surface area (Å²) in [5, 5.41) is 11.2. The summed E-state index contributed by atoms with van der Waals surface area (Å²) in [5.41, 5.74) is 1.10. The average molecular weight is 451 g/mol. The molecule has 0 spiro atoms. The monoisotopic (exact) mass is 451 g/mol. The molecule has 0 aliphatic carbocycles. The van der Waals surface area contributed by atoms with Crippen LogP contribution in [0.1, 0.15) is 17.2 Å². The van der Waals surface area contributed by atoms with E-state index in [9.17, 15) is 14.7 Å². The van der Waals surface area contributed by atoms with Crippen molar-refractivity contribution in [2.75, 3.05) is 52.6 Å². The van der Waals surface area contributed by atoms with E-state index in [1.807, 2.05) is 6.07 Å². The number of rotatable bonds is 5. The van der Waals surface area contributed by atoms with Gasteiger partial charge < -0.3 is 24.2 Å². The molecule has 1 aromatic heterocycles. The minimum absolute atomic E-state index is 0.0478. The number of ether oxygens (including phenoxy) is 3. The van der Waals surface area contributed by atoms with Gasteiger partial charge in [-0.25, -0.2) is 0 Å². The third-order valence-electron chi connectivity index (χ3n) is 6.12. The molecule has 33 heavy (non-hydrogen) atoms. The molecule has 172 valence electrons. The number of ketones is 1. The van der Waals surface area contributed by atoms with E-state index in [1.54, 1.807) is 36.7 Å². The second-order valence-corrected chi connectivity index (χ2v) is 8.09. The predicted molar refractivity (Wildman–Crippen MR) is 118 cm³/mol. The molecule has 4 heterocycles. The molecule has 0 saturated carbocycles. The molecule has 2 fully saturated rings. The van der Waals surface area contributed by atoms with Gasteiger partial charge in [0.25, 0.3) is 11.7 Å². The lowest BCUT2D eigenvalue weighted by Gasteiger charge is -2.30. The number of carbonyl (C=O) groups is 2. The number of nitrogens with zero attached hydrogens (tertiary/aromatic N) is 3. The number of hydrogen-bond donors (Lipinski definition) is 1. The van der Waals surface area contributed by atoms with Crippen molar-refractivity contribution < 1.29 is 28.9 Å². The molecular formula is C24H25N3O6. The average Bonchev–Trinajstić information content (AvgIpc) is 3.12. The lowest BCUT2D eigenvalue weighted by molar-refractivity contribution is -0.140. The summed E-state index contributed by atoms with van der Waals surface area (Å²) in [5.74, 6) is -0.514. The van der Waals surface area contributed by atoms with Gasteiger partial charge in [-0.2, -0.15) is 0 Å². The molecule has 0 radical (unpaired) electrons. The number of aliphatic hydroxyl groups excluding tert-OH is 1. The number of Topliss-reactive ketones (excluding diaryl/α,β-unsaturated/α-hetero) is 1. The highest BCUT2D eigenvalue weighted by atomic mass is 16.6. The van der Waals surface area contributed by atoms with Gasteiger partial charge in [0.15, 0.2) is 11.5 Å². The predicted octanol–water partition coefficient (Wildman–Crippen LogP) is 1.61. The standard InChI is InChI=1S/C24H25N3O6/c28-22(16-3-4-18-19(14-16)33-13-12-32-18)20-21(17-2-1-5-25-15-17)27(24(30)23(20)29)7-6-26-8-10-31-11-9-26/h1-5,14-15,21,28H,6-13H2/b22-20+.